The van der Waals surface area contributed by atoms with Gasteiger partial charge in [0, 0.05) is 37.3 Å². The molecule has 0 spiro atoms. The van der Waals surface area contributed by atoms with Gasteiger partial charge in [-0.3, -0.25) is 4.79 Å². The van der Waals surface area contributed by atoms with Gasteiger partial charge in [0.05, 0.1) is 12.1 Å². The van der Waals surface area contributed by atoms with Crippen molar-refractivity contribution in [1.29, 1.82) is 0 Å². The molecule has 0 aliphatic carbocycles. The summed E-state index contributed by atoms with van der Waals surface area (Å²) in [6.45, 7) is 0.635. The predicted octanol–water partition coefficient (Wildman–Crippen LogP) is 3.78. The molecule has 0 aliphatic heterocycles. The lowest BCUT2D eigenvalue weighted by atomic mass is 10.1. The minimum atomic E-state index is 0.0137. The molecule has 0 radical (unpaired) electrons. The highest BCUT2D eigenvalue weighted by Crippen LogP contribution is 2.23. The molecule has 0 aliphatic rings. The smallest absolute Gasteiger partial charge is 0.226 e. The van der Waals surface area contributed by atoms with Crippen molar-refractivity contribution in [3.05, 3.63) is 71.2 Å². The first-order chi connectivity index (χ1) is 12.6. The summed E-state index contributed by atoms with van der Waals surface area (Å²) in [7, 11) is 4.05. The second-order valence-corrected chi connectivity index (χ2v) is 7.21. The molecule has 4 nitrogen and oxygen atoms in total. The van der Waals surface area contributed by atoms with Crippen LogP contribution >= 0.6 is 11.3 Å². The number of benzene rings is 2. The van der Waals surface area contributed by atoms with E-state index in [1.165, 1.54) is 11.3 Å². The highest BCUT2D eigenvalue weighted by atomic mass is 32.1. The van der Waals surface area contributed by atoms with Gasteiger partial charge in [0.15, 0.2) is 0 Å². The lowest BCUT2D eigenvalue weighted by Gasteiger charge is -2.12. The van der Waals surface area contributed by atoms with E-state index in [-0.39, 0.29) is 5.91 Å². The maximum Gasteiger partial charge on any atom is 0.226 e. The Kier molecular flexibility index (Phi) is 6.02. The van der Waals surface area contributed by atoms with Gasteiger partial charge in [-0.05, 0) is 24.1 Å². The maximum atomic E-state index is 12.1. The van der Waals surface area contributed by atoms with Gasteiger partial charge in [0.2, 0.25) is 5.91 Å². The molecule has 2 aromatic carbocycles. The molecule has 3 rings (SSSR count). The fourth-order valence-corrected chi connectivity index (χ4v) is 3.46. The van der Waals surface area contributed by atoms with Gasteiger partial charge < -0.3 is 10.2 Å². The molecule has 0 atom stereocenters. The number of aromatic nitrogens is 1. The van der Waals surface area contributed by atoms with E-state index in [1.807, 2.05) is 49.8 Å². The maximum absolute atomic E-state index is 12.1. The first-order valence-electron chi connectivity index (χ1n) is 8.64. The monoisotopic (exact) mass is 365 g/mol. The van der Waals surface area contributed by atoms with Crippen LogP contribution in [0.15, 0.2) is 60.0 Å². The molecule has 26 heavy (non-hydrogen) atoms. The van der Waals surface area contributed by atoms with E-state index in [9.17, 15) is 4.79 Å². The summed E-state index contributed by atoms with van der Waals surface area (Å²) in [4.78, 5) is 18.8. The third kappa shape index (κ3) is 4.92. The van der Waals surface area contributed by atoms with Crippen molar-refractivity contribution in [2.45, 2.75) is 12.8 Å². The van der Waals surface area contributed by atoms with Crippen LogP contribution in [0.3, 0.4) is 0 Å². The van der Waals surface area contributed by atoms with Crippen LogP contribution in [-0.4, -0.2) is 31.5 Å². The van der Waals surface area contributed by atoms with Crippen LogP contribution in [0.4, 0.5) is 5.69 Å². The summed E-state index contributed by atoms with van der Waals surface area (Å²) in [5, 5.41) is 5.89. The molecule has 1 heterocycles. The van der Waals surface area contributed by atoms with E-state index < -0.39 is 0 Å². The largest absolute Gasteiger partial charge is 0.378 e. The number of anilines is 1. The highest BCUT2D eigenvalue weighted by Gasteiger charge is 2.08. The Balaban J connectivity index is 1.46. The van der Waals surface area contributed by atoms with Gasteiger partial charge in [-0.1, -0.05) is 42.5 Å². The Labute approximate surface area is 158 Å². The number of amides is 1. The van der Waals surface area contributed by atoms with E-state index in [4.69, 9.17) is 0 Å². The fourth-order valence-electron chi connectivity index (χ4n) is 2.64. The van der Waals surface area contributed by atoms with E-state index >= 15 is 0 Å². The molecule has 0 saturated heterocycles. The number of rotatable bonds is 7. The molecule has 0 bridgehead atoms. The van der Waals surface area contributed by atoms with Crippen LogP contribution in [0.2, 0.25) is 0 Å². The number of thiazole rings is 1. The Bertz CT molecular complexity index is 841. The standard InChI is InChI=1S/C21H23N3OS/c1-24(2)19-10-8-16(9-11-19)12-13-22-20(25)14-18-15-26-21(23-18)17-6-4-3-5-7-17/h3-11,15H,12-14H2,1-2H3,(H,22,25). The number of carbonyl (C=O) groups excluding carboxylic acids is 1. The Hall–Kier alpha value is -2.66. The average Bonchev–Trinajstić information content (AvgIpc) is 3.11. The van der Waals surface area contributed by atoms with Gasteiger partial charge in [0.1, 0.15) is 5.01 Å². The van der Waals surface area contributed by atoms with Crippen molar-refractivity contribution in [3.8, 4) is 10.6 Å². The van der Waals surface area contributed by atoms with Crippen molar-refractivity contribution in [1.82, 2.24) is 10.3 Å². The fraction of sp³-hybridized carbons (Fsp3) is 0.238. The Morgan fingerprint density at radius 3 is 2.50 bits per heavy atom. The summed E-state index contributed by atoms with van der Waals surface area (Å²) < 4.78 is 0. The number of carbonyl (C=O) groups is 1. The van der Waals surface area contributed by atoms with Crippen molar-refractivity contribution in [2.24, 2.45) is 0 Å². The number of hydrogen-bond acceptors (Lipinski definition) is 4. The molecular formula is C21H23N3OS. The molecule has 1 amide bonds. The van der Waals surface area contributed by atoms with Crippen LogP contribution in [-0.2, 0) is 17.6 Å². The molecule has 5 heteroatoms. The molecule has 134 valence electrons. The molecule has 1 aromatic heterocycles. The summed E-state index contributed by atoms with van der Waals surface area (Å²) in [5.41, 5.74) is 4.30. The van der Waals surface area contributed by atoms with Crippen LogP contribution < -0.4 is 10.2 Å². The van der Waals surface area contributed by atoms with E-state index in [2.05, 4.69) is 39.5 Å². The van der Waals surface area contributed by atoms with Crippen molar-refractivity contribution < 1.29 is 4.79 Å². The number of hydrogen-bond donors (Lipinski definition) is 1. The van der Waals surface area contributed by atoms with E-state index in [1.54, 1.807) is 11.3 Å². The van der Waals surface area contributed by atoms with Gasteiger partial charge in [-0.15, -0.1) is 11.3 Å². The Morgan fingerprint density at radius 1 is 1.08 bits per heavy atom. The van der Waals surface area contributed by atoms with Crippen LogP contribution in [0, 0.1) is 0 Å². The molecule has 0 unspecified atom stereocenters. The molecule has 0 saturated carbocycles. The second-order valence-electron chi connectivity index (χ2n) is 6.35. The van der Waals surface area contributed by atoms with Crippen LogP contribution in [0.5, 0.6) is 0 Å². The SMILES string of the molecule is CN(C)c1ccc(CCNC(=O)Cc2csc(-c3ccccc3)n2)cc1. The summed E-state index contributed by atoms with van der Waals surface area (Å²) >= 11 is 1.57. The Morgan fingerprint density at radius 2 is 1.81 bits per heavy atom. The first kappa shape index (κ1) is 18.1. The minimum Gasteiger partial charge on any atom is -0.378 e. The second kappa shape index (κ2) is 8.63. The lowest BCUT2D eigenvalue weighted by Crippen LogP contribution is -2.27. The number of nitrogens with zero attached hydrogens (tertiary/aromatic N) is 2. The topological polar surface area (TPSA) is 45.2 Å². The minimum absolute atomic E-state index is 0.0137. The van der Waals surface area contributed by atoms with E-state index in [0.29, 0.717) is 13.0 Å². The van der Waals surface area contributed by atoms with E-state index in [0.717, 1.165) is 22.7 Å². The van der Waals surface area contributed by atoms with Crippen molar-refractivity contribution >= 4 is 22.9 Å². The molecule has 0 fully saturated rings. The van der Waals surface area contributed by atoms with Gasteiger partial charge in [0.25, 0.3) is 0 Å². The van der Waals surface area contributed by atoms with Crippen molar-refractivity contribution in [2.75, 3.05) is 25.5 Å². The molecular weight excluding hydrogens is 342 g/mol. The van der Waals surface area contributed by atoms with Crippen molar-refractivity contribution in [3.63, 3.8) is 0 Å². The molecule has 1 N–H and O–H groups in total. The summed E-state index contributed by atoms with van der Waals surface area (Å²) in [6, 6.07) is 18.4. The van der Waals surface area contributed by atoms with Crippen LogP contribution in [0.25, 0.3) is 10.6 Å². The quantitative estimate of drug-likeness (QED) is 0.693. The zero-order valence-electron chi connectivity index (χ0n) is 15.1. The average molecular weight is 366 g/mol. The normalized spacial score (nSPS) is 10.5. The third-order valence-electron chi connectivity index (χ3n) is 4.10. The summed E-state index contributed by atoms with van der Waals surface area (Å²) in [5.74, 6) is 0.0137. The van der Waals surface area contributed by atoms with Gasteiger partial charge in [-0.2, -0.15) is 0 Å². The van der Waals surface area contributed by atoms with Crippen LogP contribution in [0.1, 0.15) is 11.3 Å². The third-order valence-corrected chi connectivity index (χ3v) is 5.04. The lowest BCUT2D eigenvalue weighted by molar-refractivity contribution is -0.120. The highest BCUT2D eigenvalue weighted by molar-refractivity contribution is 7.13. The summed E-state index contributed by atoms with van der Waals surface area (Å²) in [6.07, 6.45) is 1.15. The predicted molar refractivity (Wildman–Crippen MR) is 109 cm³/mol. The van der Waals surface area contributed by atoms with Gasteiger partial charge in [-0.25, -0.2) is 4.98 Å². The zero-order chi connectivity index (χ0) is 18.4. The molecule has 3 aromatic rings. The number of nitrogens with one attached hydrogen (secondary N) is 1. The van der Waals surface area contributed by atoms with Gasteiger partial charge >= 0.3 is 0 Å². The first-order valence-corrected chi connectivity index (χ1v) is 9.52. The zero-order valence-corrected chi connectivity index (χ0v) is 15.9.